The van der Waals surface area contributed by atoms with Crippen molar-refractivity contribution in [1.82, 2.24) is 5.32 Å². The molecule has 4 heteroatoms. The molecule has 0 spiro atoms. The number of para-hydroxylation sites is 1. The smallest absolute Gasteiger partial charge is 0.126 e. The van der Waals surface area contributed by atoms with Crippen LogP contribution in [-0.4, -0.2) is 35.9 Å². The second-order valence-corrected chi connectivity index (χ2v) is 7.56. The molecule has 1 saturated heterocycles. The summed E-state index contributed by atoms with van der Waals surface area (Å²) in [6, 6.07) is 16.6. The van der Waals surface area contributed by atoms with E-state index in [4.69, 9.17) is 4.74 Å². The summed E-state index contributed by atoms with van der Waals surface area (Å²) < 4.78 is 5.43. The lowest BCUT2D eigenvalue weighted by molar-refractivity contribution is 0.0320. The average Bonchev–Trinajstić information content (AvgIpc) is 2.63. The van der Waals surface area contributed by atoms with E-state index < -0.39 is 5.60 Å². The summed E-state index contributed by atoms with van der Waals surface area (Å²) in [6.45, 7) is 1.45. The van der Waals surface area contributed by atoms with Crippen molar-refractivity contribution in [2.45, 2.75) is 25.0 Å². The third-order valence-corrected chi connectivity index (χ3v) is 5.56. The Morgan fingerprint density at radius 3 is 2.50 bits per heavy atom. The molecule has 0 aromatic heterocycles. The molecule has 3 nitrogen and oxygen atoms in total. The number of hydrogen-bond acceptors (Lipinski definition) is 4. The van der Waals surface area contributed by atoms with Crippen LogP contribution in [0.4, 0.5) is 0 Å². The van der Waals surface area contributed by atoms with Gasteiger partial charge in [-0.2, -0.15) is 11.8 Å². The minimum absolute atomic E-state index is 0.525. The molecule has 2 aromatic rings. The van der Waals surface area contributed by atoms with Gasteiger partial charge in [0.25, 0.3) is 0 Å². The fraction of sp³-hybridized carbons (Fsp3) is 0.400. The molecule has 0 unspecified atom stereocenters. The van der Waals surface area contributed by atoms with Crippen molar-refractivity contribution in [2.24, 2.45) is 0 Å². The summed E-state index contributed by atoms with van der Waals surface area (Å²) in [5.74, 6) is 3.01. The SMILES string of the molecule is COc1ccccc1-c1ccc(CNCC2(O)CCSCC2)cc1. The largest absolute Gasteiger partial charge is 0.496 e. The monoisotopic (exact) mass is 343 g/mol. The molecule has 1 fully saturated rings. The number of methoxy groups -OCH3 is 1. The number of aliphatic hydroxyl groups is 1. The van der Waals surface area contributed by atoms with E-state index in [0.717, 1.165) is 47.8 Å². The van der Waals surface area contributed by atoms with Crippen molar-refractivity contribution >= 4 is 11.8 Å². The Morgan fingerprint density at radius 1 is 1.08 bits per heavy atom. The third-order valence-electron chi connectivity index (χ3n) is 4.58. The van der Waals surface area contributed by atoms with Gasteiger partial charge in [-0.25, -0.2) is 0 Å². The molecule has 2 aromatic carbocycles. The molecule has 2 N–H and O–H groups in total. The van der Waals surface area contributed by atoms with Gasteiger partial charge in [0.05, 0.1) is 12.7 Å². The van der Waals surface area contributed by atoms with Crippen LogP contribution in [0.1, 0.15) is 18.4 Å². The van der Waals surface area contributed by atoms with Crippen molar-refractivity contribution < 1.29 is 9.84 Å². The van der Waals surface area contributed by atoms with Gasteiger partial charge < -0.3 is 15.2 Å². The molecule has 1 aliphatic heterocycles. The first-order chi connectivity index (χ1) is 11.7. The van der Waals surface area contributed by atoms with Gasteiger partial charge in [0.2, 0.25) is 0 Å². The first-order valence-electron chi connectivity index (χ1n) is 8.43. The van der Waals surface area contributed by atoms with E-state index in [2.05, 4.69) is 35.6 Å². The summed E-state index contributed by atoms with van der Waals surface area (Å²) in [4.78, 5) is 0. The van der Waals surface area contributed by atoms with Crippen LogP contribution in [-0.2, 0) is 6.54 Å². The van der Waals surface area contributed by atoms with E-state index in [1.54, 1.807) is 7.11 Å². The van der Waals surface area contributed by atoms with Crippen molar-refractivity contribution in [3.63, 3.8) is 0 Å². The molecule has 24 heavy (non-hydrogen) atoms. The van der Waals surface area contributed by atoms with Gasteiger partial charge in [0.15, 0.2) is 0 Å². The normalized spacial score (nSPS) is 16.8. The molecule has 0 aliphatic carbocycles. The first-order valence-corrected chi connectivity index (χ1v) is 9.59. The summed E-state index contributed by atoms with van der Waals surface area (Å²) in [5.41, 5.74) is 2.96. The molecule has 1 aliphatic rings. The quantitative estimate of drug-likeness (QED) is 0.839. The lowest BCUT2D eigenvalue weighted by Crippen LogP contribution is -2.43. The van der Waals surface area contributed by atoms with Crippen LogP contribution in [0.2, 0.25) is 0 Å². The first kappa shape index (κ1) is 17.3. The van der Waals surface area contributed by atoms with E-state index in [0.29, 0.717) is 6.54 Å². The molecule has 3 rings (SSSR count). The number of benzene rings is 2. The Hall–Kier alpha value is -1.49. The maximum atomic E-state index is 10.5. The van der Waals surface area contributed by atoms with Crippen molar-refractivity contribution in [1.29, 1.82) is 0 Å². The van der Waals surface area contributed by atoms with Crippen LogP contribution in [0.3, 0.4) is 0 Å². The van der Waals surface area contributed by atoms with Crippen LogP contribution >= 0.6 is 11.8 Å². The number of ether oxygens (including phenoxy) is 1. The van der Waals surface area contributed by atoms with Crippen LogP contribution in [0, 0.1) is 0 Å². The fourth-order valence-electron chi connectivity index (χ4n) is 3.05. The van der Waals surface area contributed by atoms with Gasteiger partial charge in [-0.3, -0.25) is 0 Å². The van der Waals surface area contributed by atoms with Crippen LogP contribution in [0.5, 0.6) is 5.75 Å². The topological polar surface area (TPSA) is 41.5 Å². The summed E-state index contributed by atoms with van der Waals surface area (Å²) in [5, 5.41) is 13.9. The van der Waals surface area contributed by atoms with Gasteiger partial charge in [-0.1, -0.05) is 42.5 Å². The van der Waals surface area contributed by atoms with Gasteiger partial charge in [0, 0.05) is 18.7 Å². The van der Waals surface area contributed by atoms with Crippen LogP contribution in [0.15, 0.2) is 48.5 Å². The average molecular weight is 343 g/mol. The Kier molecular flexibility index (Phi) is 5.82. The van der Waals surface area contributed by atoms with Crippen LogP contribution in [0.25, 0.3) is 11.1 Å². The van der Waals surface area contributed by atoms with E-state index in [-0.39, 0.29) is 0 Å². The Morgan fingerprint density at radius 2 is 1.79 bits per heavy atom. The molecule has 0 bridgehead atoms. The molecule has 0 radical (unpaired) electrons. The van der Waals surface area contributed by atoms with Crippen molar-refractivity contribution in [3.8, 4) is 16.9 Å². The standard InChI is InChI=1S/C20H25NO2S/c1-23-19-5-3-2-4-18(19)17-8-6-16(7-9-17)14-21-15-20(22)10-12-24-13-11-20/h2-9,21-22H,10-15H2,1H3. The van der Waals surface area contributed by atoms with E-state index in [9.17, 15) is 5.11 Å². The molecule has 0 atom stereocenters. The number of hydrogen-bond donors (Lipinski definition) is 2. The predicted octanol–water partition coefficient (Wildman–Crippen LogP) is 3.71. The zero-order chi connectivity index (χ0) is 16.8. The molecule has 128 valence electrons. The van der Waals surface area contributed by atoms with Gasteiger partial charge in [-0.15, -0.1) is 0 Å². The van der Waals surface area contributed by atoms with E-state index in [1.807, 2.05) is 30.0 Å². The zero-order valence-electron chi connectivity index (χ0n) is 14.1. The highest BCUT2D eigenvalue weighted by atomic mass is 32.2. The van der Waals surface area contributed by atoms with E-state index >= 15 is 0 Å². The van der Waals surface area contributed by atoms with Gasteiger partial charge in [-0.05, 0) is 41.5 Å². The summed E-state index contributed by atoms with van der Waals surface area (Å²) >= 11 is 1.93. The van der Waals surface area contributed by atoms with Crippen LogP contribution < -0.4 is 10.1 Å². The molecule has 0 amide bonds. The van der Waals surface area contributed by atoms with Gasteiger partial charge in [0.1, 0.15) is 5.75 Å². The Balaban J connectivity index is 1.58. The van der Waals surface area contributed by atoms with E-state index in [1.165, 1.54) is 5.56 Å². The molecule has 1 heterocycles. The second kappa shape index (κ2) is 8.06. The number of rotatable bonds is 6. The Labute approximate surface area is 148 Å². The fourth-order valence-corrected chi connectivity index (χ4v) is 4.31. The zero-order valence-corrected chi connectivity index (χ0v) is 14.9. The number of nitrogens with one attached hydrogen (secondary N) is 1. The second-order valence-electron chi connectivity index (χ2n) is 6.34. The maximum absolute atomic E-state index is 10.5. The predicted molar refractivity (Wildman–Crippen MR) is 102 cm³/mol. The third kappa shape index (κ3) is 4.32. The summed E-state index contributed by atoms with van der Waals surface area (Å²) in [7, 11) is 1.70. The highest BCUT2D eigenvalue weighted by Crippen LogP contribution is 2.29. The molecular weight excluding hydrogens is 318 g/mol. The maximum Gasteiger partial charge on any atom is 0.126 e. The highest BCUT2D eigenvalue weighted by Gasteiger charge is 2.28. The number of thioether (sulfide) groups is 1. The summed E-state index contributed by atoms with van der Waals surface area (Å²) in [6.07, 6.45) is 1.77. The minimum Gasteiger partial charge on any atom is -0.496 e. The van der Waals surface area contributed by atoms with Gasteiger partial charge >= 0.3 is 0 Å². The lowest BCUT2D eigenvalue weighted by Gasteiger charge is -2.32. The highest BCUT2D eigenvalue weighted by molar-refractivity contribution is 7.99. The Bertz CT molecular complexity index is 651. The molecule has 0 saturated carbocycles. The van der Waals surface area contributed by atoms with Crippen molar-refractivity contribution in [2.75, 3.05) is 25.2 Å². The lowest BCUT2D eigenvalue weighted by atomic mass is 9.97. The minimum atomic E-state index is -0.525. The van der Waals surface area contributed by atoms with Crippen molar-refractivity contribution in [3.05, 3.63) is 54.1 Å². The molecular formula is C20H25NO2S.